The van der Waals surface area contributed by atoms with Crippen molar-refractivity contribution in [3.63, 3.8) is 0 Å². The third-order valence-corrected chi connectivity index (χ3v) is 4.96. The molecule has 0 radical (unpaired) electrons. The minimum absolute atomic E-state index is 0.0387. The van der Waals surface area contributed by atoms with E-state index in [9.17, 15) is 5.11 Å². The van der Waals surface area contributed by atoms with Gasteiger partial charge in [-0.2, -0.15) is 0 Å². The second-order valence-corrected chi connectivity index (χ2v) is 6.29. The molecule has 0 spiro atoms. The van der Waals surface area contributed by atoms with E-state index in [4.69, 9.17) is 21.1 Å². The number of hydrogen-bond donors (Lipinski definition) is 2. The van der Waals surface area contributed by atoms with Gasteiger partial charge < -0.3 is 19.9 Å². The number of hydrogen-bond acceptors (Lipinski definition) is 4. The first-order chi connectivity index (χ1) is 10.1. The van der Waals surface area contributed by atoms with Gasteiger partial charge in [-0.15, -0.1) is 0 Å². The fourth-order valence-electron chi connectivity index (χ4n) is 3.07. The van der Waals surface area contributed by atoms with Crippen molar-refractivity contribution in [1.82, 2.24) is 5.32 Å². The van der Waals surface area contributed by atoms with Crippen LogP contribution in [0.1, 0.15) is 31.7 Å². The van der Waals surface area contributed by atoms with Gasteiger partial charge in [0, 0.05) is 24.6 Å². The van der Waals surface area contributed by atoms with Crippen molar-refractivity contribution in [2.45, 2.75) is 38.8 Å². The lowest BCUT2D eigenvalue weighted by Gasteiger charge is -2.30. The van der Waals surface area contributed by atoms with Crippen LogP contribution in [0, 0.1) is 5.41 Å². The summed E-state index contributed by atoms with van der Waals surface area (Å²) in [4.78, 5) is 0. The van der Waals surface area contributed by atoms with Crippen LogP contribution in [-0.2, 0) is 6.54 Å². The zero-order valence-corrected chi connectivity index (χ0v) is 13.7. The molecule has 1 aliphatic rings. The fourth-order valence-corrected chi connectivity index (χ4v) is 3.37. The first-order valence-corrected chi connectivity index (χ1v) is 7.67. The van der Waals surface area contributed by atoms with Crippen molar-refractivity contribution < 1.29 is 14.6 Å². The van der Waals surface area contributed by atoms with Gasteiger partial charge >= 0.3 is 0 Å². The molecule has 1 aromatic carbocycles. The Bertz CT molecular complexity index is 495. The van der Waals surface area contributed by atoms with E-state index >= 15 is 0 Å². The number of halogens is 1. The molecule has 4 nitrogen and oxygen atoms in total. The van der Waals surface area contributed by atoms with Crippen molar-refractivity contribution in [1.29, 1.82) is 0 Å². The molecule has 5 heteroatoms. The molecule has 2 atom stereocenters. The highest BCUT2D eigenvalue weighted by molar-refractivity contribution is 6.33. The van der Waals surface area contributed by atoms with Gasteiger partial charge in [0.25, 0.3) is 0 Å². The molecular formula is C16H24ClNO3. The number of ether oxygens (including phenoxy) is 2. The highest BCUT2D eigenvalue weighted by atomic mass is 35.5. The van der Waals surface area contributed by atoms with Crippen molar-refractivity contribution in [3.8, 4) is 11.5 Å². The van der Waals surface area contributed by atoms with Crippen molar-refractivity contribution in [2.24, 2.45) is 5.41 Å². The van der Waals surface area contributed by atoms with Crippen molar-refractivity contribution in [3.05, 3.63) is 22.7 Å². The van der Waals surface area contributed by atoms with Crippen LogP contribution in [-0.4, -0.2) is 32.0 Å². The van der Waals surface area contributed by atoms with Crippen LogP contribution in [0.25, 0.3) is 0 Å². The monoisotopic (exact) mass is 313 g/mol. The molecule has 0 aliphatic heterocycles. The van der Waals surface area contributed by atoms with E-state index in [-0.39, 0.29) is 12.0 Å². The smallest absolute Gasteiger partial charge is 0.179 e. The molecule has 118 valence electrons. The van der Waals surface area contributed by atoms with Crippen LogP contribution in [0.5, 0.6) is 11.5 Å². The number of methoxy groups -OCH3 is 2. The Morgan fingerprint density at radius 3 is 2.76 bits per heavy atom. The zero-order valence-electron chi connectivity index (χ0n) is 12.9. The summed E-state index contributed by atoms with van der Waals surface area (Å²) < 4.78 is 10.6. The summed E-state index contributed by atoms with van der Waals surface area (Å²) in [5, 5.41) is 13.7. The predicted octanol–water partition coefficient (Wildman–Crippen LogP) is 3.00. The van der Waals surface area contributed by atoms with Crippen LogP contribution in [0.15, 0.2) is 12.1 Å². The third-order valence-electron chi connectivity index (χ3n) is 4.55. The molecule has 2 rings (SSSR count). The van der Waals surface area contributed by atoms with E-state index in [0.29, 0.717) is 29.1 Å². The maximum absolute atomic E-state index is 9.60. The van der Waals surface area contributed by atoms with Gasteiger partial charge in [0.2, 0.25) is 0 Å². The van der Waals surface area contributed by atoms with E-state index in [2.05, 4.69) is 12.2 Å². The first kappa shape index (κ1) is 16.4. The molecule has 1 aromatic rings. The molecule has 0 heterocycles. The van der Waals surface area contributed by atoms with E-state index in [1.54, 1.807) is 14.2 Å². The van der Waals surface area contributed by atoms with Gasteiger partial charge in [-0.1, -0.05) is 31.0 Å². The Morgan fingerprint density at radius 1 is 1.38 bits per heavy atom. The van der Waals surface area contributed by atoms with E-state index in [0.717, 1.165) is 24.8 Å². The Morgan fingerprint density at radius 2 is 2.14 bits per heavy atom. The molecule has 0 bridgehead atoms. The van der Waals surface area contributed by atoms with Crippen LogP contribution in [0.2, 0.25) is 5.02 Å². The summed E-state index contributed by atoms with van der Waals surface area (Å²) in [6.45, 7) is 3.00. The van der Waals surface area contributed by atoms with Crippen LogP contribution < -0.4 is 14.8 Å². The summed E-state index contributed by atoms with van der Waals surface area (Å²) in [6, 6.07) is 4.12. The summed E-state index contributed by atoms with van der Waals surface area (Å²) in [5.74, 6) is 1.20. The average molecular weight is 314 g/mol. The molecule has 1 saturated carbocycles. The Balaban J connectivity index is 2.10. The molecule has 0 aromatic heterocycles. The largest absolute Gasteiger partial charge is 0.493 e. The third kappa shape index (κ3) is 3.28. The quantitative estimate of drug-likeness (QED) is 0.847. The second kappa shape index (κ2) is 6.86. The number of aliphatic hydroxyl groups is 1. The molecule has 2 unspecified atom stereocenters. The maximum Gasteiger partial charge on any atom is 0.179 e. The van der Waals surface area contributed by atoms with Gasteiger partial charge in [-0.3, -0.25) is 0 Å². The first-order valence-electron chi connectivity index (χ1n) is 7.29. The van der Waals surface area contributed by atoms with Crippen molar-refractivity contribution in [2.75, 3.05) is 20.8 Å². The SMILES string of the molecule is COc1ccc(CNC2CCCC2(C)CO)c(Cl)c1OC. The predicted molar refractivity (Wildman–Crippen MR) is 84.2 cm³/mol. The second-order valence-electron chi connectivity index (χ2n) is 5.91. The molecule has 1 fully saturated rings. The molecule has 1 aliphatic carbocycles. The number of nitrogens with one attached hydrogen (secondary N) is 1. The summed E-state index contributed by atoms with van der Waals surface area (Å²) >= 11 is 6.39. The number of rotatable bonds is 6. The minimum Gasteiger partial charge on any atom is -0.493 e. The minimum atomic E-state index is -0.0387. The van der Waals surface area contributed by atoms with Gasteiger partial charge in [-0.05, 0) is 24.5 Å². The van der Waals surface area contributed by atoms with Crippen molar-refractivity contribution >= 4 is 11.6 Å². The highest BCUT2D eigenvalue weighted by Crippen LogP contribution is 2.39. The zero-order chi connectivity index (χ0) is 15.5. The lowest BCUT2D eigenvalue weighted by atomic mass is 9.86. The Kier molecular flexibility index (Phi) is 5.36. The van der Waals surface area contributed by atoms with Gasteiger partial charge in [0.05, 0.1) is 19.2 Å². The normalized spacial score (nSPS) is 25.1. The van der Waals surface area contributed by atoms with Crippen LogP contribution in [0.4, 0.5) is 0 Å². The summed E-state index contributed by atoms with van der Waals surface area (Å²) in [7, 11) is 3.18. The fraction of sp³-hybridized carbons (Fsp3) is 0.625. The number of benzene rings is 1. The van der Waals surface area contributed by atoms with Gasteiger partial charge in [0.1, 0.15) is 0 Å². The Hall–Kier alpha value is -0.970. The van der Waals surface area contributed by atoms with E-state index in [1.807, 2.05) is 12.1 Å². The van der Waals surface area contributed by atoms with E-state index in [1.165, 1.54) is 0 Å². The topological polar surface area (TPSA) is 50.7 Å². The van der Waals surface area contributed by atoms with Gasteiger partial charge in [-0.25, -0.2) is 0 Å². The van der Waals surface area contributed by atoms with Crippen LogP contribution >= 0.6 is 11.6 Å². The maximum atomic E-state index is 9.60. The highest BCUT2D eigenvalue weighted by Gasteiger charge is 2.37. The summed E-state index contributed by atoms with van der Waals surface area (Å²) in [5.41, 5.74) is 0.935. The molecular weight excluding hydrogens is 290 g/mol. The lowest BCUT2D eigenvalue weighted by Crippen LogP contribution is -2.41. The standard InChI is InChI=1S/C16H24ClNO3/c1-16(10-19)8-4-5-13(16)18-9-11-6-7-12(20-2)15(21-3)14(11)17/h6-7,13,18-19H,4-5,8-10H2,1-3H3. The van der Waals surface area contributed by atoms with Gasteiger partial charge in [0.15, 0.2) is 11.5 Å². The summed E-state index contributed by atoms with van der Waals surface area (Å²) in [6.07, 6.45) is 3.29. The Labute approximate surface area is 131 Å². The van der Waals surface area contributed by atoms with Crippen LogP contribution in [0.3, 0.4) is 0 Å². The number of aliphatic hydroxyl groups excluding tert-OH is 1. The average Bonchev–Trinajstić information content (AvgIpc) is 2.87. The molecule has 0 saturated heterocycles. The molecule has 2 N–H and O–H groups in total. The van der Waals surface area contributed by atoms with E-state index < -0.39 is 0 Å². The molecule has 0 amide bonds. The lowest BCUT2D eigenvalue weighted by molar-refractivity contribution is 0.118. The molecule has 21 heavy (non-hydrogen) atoms.